The minimum atomic E-state index is -1.74. The van der Waals surface area contributed by atoms with Crippen LogP contribution < -0.4 is 5.32 Å². The van der Waals surface area contributed by atoms with Crippen LogP contribution in [0.3, 0.4) is 0 Å². The number of aromatic nitrogens is 3. The highest BCUT2D eigenvalue weighted by molar-refractivity contribution is 6.30. The fourth-order valence-corrected chi connectivity index (χ4v) is 3.36. The smallest absolute Gasteiger partial charge is 0.229 e. The Bertz CT molecular complexity index is 858. The lowest BCUT2D eigenvalue weighted by atomic mass is 9.78. The molecular weight excluding hydrogens is 359 g/mol. The molecule has 2 N–H and O–H groups in total. The Labute approximate surface area is 156 Å². The quantitative estimate of drug-likeness (QED) is 0.772. The molecule has 142 valence electrons. The second kappa shape index (κ2) is 6.46. The highest BCUT2D eigenvalue weighted by Gasteiger charge is 2.38. The van der Waals surface area contributed by atoms with E-state index in [-0.39, 0.29) is 12.0 Å². The predicted octanol–water partition coefficient (Wildman–Crippen LogP) is 3.73. The van der Waals surface area contributed by atoms with E-state index in [0.717, 1.165) is 24.8 Å². The molecule has 6 nitrogen and oxygen atoms in total. The maximum atomic E-state index is 13.5. The molecule has 1 aliphatic rings. The Balaban J connectivity index is 2.00. The highest BCUT2D eigenvalue weighted by atomic mass is 35.5. The maximum Gasteiger partial charge on any atom is 0.229 e. The fourth-order valence-electron chi connectivity index (χ4n) is 3.22. The summed E-state index contributed by atoms with van der Waals surface area (Å²) in [5.74, 6) is -0.148. The van der Waals surface area contributed by atoms with E-state index in [0.29, 0.717) is 22.3 Å². The fraction of sp³-hybridized carbons (Fsp3) is 0.611. The van der Waals surface area contributed by atoms with Gasteiger partial charge in [-0.1, -0.05) is 11.6 Å². The molecule has 1 amide bonds. The number of anilines is 1. The summed E-state index contributed by atoms with van der Waals surface area (Å²) in [4.78, 5) is 21.4. The number of imidazole rings is 1. The monoisotopic (exact) mass is 382 g/mol. The van der Waals surface area contributed by atoms with Crippen LogP contribution in [0, 0.1) is 6.92 Å². The Kier molecular flexibility index (Phi) is 4.73. The highest BCUT2D eigenvalue weighted by Crippen LogP contribution is 2.43. The average molecular weight is 383 g/mol. The zero-order valence-corrected chi connectivity index (χ0v) is 16.2. The second-order valence-electron chi connectivity index (χ2n) is 7.76. The summed E-state index contributed by atoms with van der Waals surface area (Å²) in [5, 5.41) is 13.2. The molecule has 3 rings (SSSR count). The molecular formula is C18H24ClFN4O2. The minimum Gasteiger partial charge on any atom is -0.387 e. The zero-order valence-electron chi connectivity index (χ0n) is 15.4. The number of nitrogens with one attached hydrogen (secondary N) is 1. The van der Waals surface area contributed by atoms with Crippen molar-refractivity contribution in [3.05, 3.63) is 16.8 Å². The molecule has 26 heavy (non-hydrogen) atoms. The summed E-state index contributed by atoms with van der Waals surface area (Å²) in [6, 6.07) is 1.83. The topological polar surface area (TPSA) is 80.0 Å². The Morgan fingerprint density at radius 1 is 1.54 bits per heavy atom. The third-order valence-corrected chi connectivity index (χ3v) is 5.74. The van der Waals surface area contributed by atoms with Crippen LogP contribution in [0.25, 0.3) is 11.2 Å². The number of aryl methyl sites for hydroxylation is 1. The number of pyridine rings is 1. The molecule has 0 spiro atoms. The lowest BCUT2D eigenvalue weighted by molar-refractivity contribution is -0.123. The molecule has 8 heteroatoms. The van der Waals surface area contributed by atoms with Crippen molar-refractivity contribution < 1.29 is 14.3 Å². The molecule has 1 fully saturated rings. The summed E-state index contributed by atoms with van der Waals surface area (Å²) in [5.41, 5.74) is 0.109. The zero-order chi connectivity index (χ0) is 19.3. The Hall–Kier alpha value is -1.73. The third kappa shape index (κ3) is 3.30. The SMILES string of the molecule is Cc1cc2nc(NC(=O)CC(C)(O)C(C)F)n(C3(C)CCC3)c2nc1Cl. The number of hydrogen-bond acceptors (Lipinski definition) is 4. The summed E-state index contributed by atoms with van der Waals surface area (Å²) in [6.07, 6.45) is 1.07. The van der Waals surface area contributed by atoms with Crippen molar-refractivity contribution >= 4 is 34.6 Å². The molecule has 0 saturated heterocycles. The van der Waals surface area contributed by atoms with Crippen molar-refractivity contribution in [3.63, 3.8) is 0 Å². The minimum absolute atomic E-state index is 0.209. The first kappa shape index (κ1) is 19.0. The Morgan fingerprint density at radius 3 is 2.73 bits per heavy atom. The van der Waals surface area contributed by atoms with Crippen molar-refractivity contribution in [1.82, 2.24) is 14.5 Å². The van der Waals surface area contributed by atoms with Crippen LogP contribution >= 0.6 is 11.6 Å². The van der Waals surface area contributed by atoms with Crippen LogP contribution in [0.2, 0.25) is 5.15 Å². The average Bonchev–Trinajstić information content (AvgIpc) is 2.81. The first-order valence-corrected chi connectivity index (χ1v) is 9.14. The Morgan fingerprint density at radius 2 is 2.19 bits per heavy atom. The van der Waals surface area contributed by atoms with Gasteiger partial charge in [0.05, 0.1) is 6.42 Å². The van der Waals surface area contributed by atoms with Crippen LogP contribution in [-0.4, -0.2) is 37.3 Å². The van der Waals surface area contributed by atoms with E-state index >= 15 is 0 Å². The van der Waals surface area contributed by atoms with E-state index in [2.05, 4.69) is 22.2 Å². The van der Waals surface area contributed by atoms with Crippen molar-refractivity contribution in [1.29, 1.82) is 0 Å². The molecule has 2 atom stereocenters. The summed E-state index contributed by atoms with van der Waals surface area (Å²) >= 11 is 6.19. The number of halogens is 2. The third-order valence-electron chi connectivity index (χ3n) is 5.36. The second-order valence-corrected chi connectivity index (χ2v) is 8.12. The van der Waals surface area contributed by atoms with Crippen LogP contribution in [0.15, 0.2) is 6.07 Å². The molecule has 0 bridgehead atoms. The molecule has 2 unspecified atom stereocenters. The van der Waals surface area contributed by atoms with Crippen molar-refractivity contribution in [3.8, 4) is 0 Å². The van der Waals surface area contributed by atoms with Gasteiger partial charge in [0.1, 0.15) is 22.4 Å². The first-order chi connectivity index (χ1) is 12.0. The lowest BCUT2D eigenvalue weighted by Crippen LogP contribution is -2.40. The molecule has 2 aromatic heterocycles. The van der Waals surface area contributed by atoms with Gasteiger partial charge in [-0.05, 0) is 58.6 Å². The maximum absolute atomic E-state index is 13.5. The number of aliphatic hydroxyl groups is 1. The van der Waals surface area contributed by atoms with Crippen molar-refractivity contribution in [2.24, 2.45) is 0 Å². The van der Waals surface area contributed by atoms with Gasteiger partial charge in [0.15, 0.2) is 5.65 Å². The number of alkyl halides is 1. The van der Waals surface area contributed by atoms with E-state index in [1.54, 1.807) is 0 Å². The van der Waals surface area contributed by atoms with Gasteiger partial charge in [0, 0.05) is 5.54 Å². The molecule has 1 saturated carbocycles. The number of hydrogen-bond donors (Lipinski definition) is 2. The van der Waals surface area contributed by atoms with Gasteiger partial charge < -0.3 is 5.11 Å². The van der Waals surface area contributed by atoms with Gasteiger partial charge in [0.2, 0.25) is 11.9 Å². The molecule has 2 aromatic rings. The molecule has 2 heterocycles. The van der Waals surface area contributed by atoms with Gasteiger partial charge in [-0.25, -0.2) is 14.4 Å². The summed E-state index contributed by atoms with van der Waals surface area (Å²) in [6.45, 7) is 6.46. The van der Waals surface area contributed by atoms with Crippen molar-refractivity contribution in [2.75, 3.05) is 5.32 Å². The van der Waals surface area contributed by atoms with Crippen LogP contribution in [0.1, 0.15) is 52.0 Å². The lowest BCUT2D eigenvalue weighted by Gasteiger charge is -2.40. The summed E-state index contributed by atoms with van der Waals surface area (Å²) in [7, 11) is 0. The molecule has 0 radical (unpaired) electrons. The van der Waals surface area contributed by atoms with Gasteiger partial charge in [-0.15, -0.1) is 0 Å². The van der Waals surface area contributed by atoms with E-state index in [4.69, 9.17) is 11.6 Å². The number of amides is 1. The van der Waals surface area contributed by atoms with Gasteiger partial charge in [0.25, 0.3) is 0 Å². The number of carbonyl (C=O) groups excluding carboxylic acids is 1. The van der Waals surface area contributed by atoms with Crippen molar-refractivity contribution in [2.45, 2.75) is 70.7 Å². The van der Waals surface area contributed by atoms with Gasteiger partial charge >= 0.3 is 0 Å². The first-order valence-electron chi connectivity index (χ1n) is 8.76. The van der Waals surface area contributed by atoms with E-state index in [1.807, 2.05) is 17.6 Å². The molecule has 0 aliphatic heterocycles. The van der Waals surface area contributed by atoms with E-state index in [9.17, 15) is 14.3 Å². The number of fused-ring (bicyclic) bond motifs is 1. The summed E-state index contributed by atoms with van der Waals surface area (Å²) < 4.78 is 15.4. The molecule has 1 aliphatic carbocycles. The van der Waals surface area contributed by atoms with Crippen LogP contribution in [-0.2, 0) is 10.3 Å². The van der Waals surface area contributed by atoms with Crippen LogP contribution in [0.5, 0.6) is 0 Å². The van der Waals surface area contributed by atoms with Gasteiger partial charge in [-0.3, -0.25) is 14.7 Å². The van der Waals surface area contributed by atoms with E-state index < -0.39 is 17.7 Å². The molecule has 0 aromatic carbocycles. The largest absolute Gasteiger partial charge is 0.387 e. The predicted molar refractivity (Wildman–Crippen MR) is 99.2 cm³/mol. The van der Waals surface area contributed by atoms with E-state index in [1.165, 1.54) is 13.8 Å². The van der Waals surface area contributed by atoms with Gasteiger partial charge in [-0.2, -0.15) is 0 Å². The number of rotatable bonds is 5. The number of nitrogens with zero attached hydrogens (tertiary/aromatic N) is 3. The number of carbonyl (C=O) groups is 1. The standard InChI is InChI=1S/C18H24ClFN4O2/c1-10-8-12-15(23-14(10)19)24(17(3)6-5-7-17)16(21-12)22-13(25)9-18(4,26)11(2)20/h8,11,26H,5-7,9H2,1-4H3,(H,21,22,25). The normalized spacial score (nSPS) is 19.7. The van der Waals surface area contributed by atoms with Crippen LogP contribution in [0.4, 0.5) is 10.3 Å².